The molecule has 1 fully saturated rings. The van der Waals surface area contributed by atoms with E-state index in [1.54, 1.807) is 0 Å². The summed E-state index contributed by atoms with van der Waals surface area (Å²) in [5.74, 6) is 0. The fourth-order valence-electron chi connectivity index (χ4n) is 1.40. The zero-order valence-corrected chi connectivity index (χ0v) is 9.08. The van der Waals surface area contributed by atoms with Crippen molar-refractivity contribution in [1.82, 2.24) is 0 Å². The first-order chi connectivity index (χ1) is 6.77. The van der Waals surface area contributed by atoms with Gasteiger partial charge in [-0.2, -0.15) is 4.89 Å². The van der Waals surface area contributed by atoms with Crippen LogP contribution >= 0.6 is 0 Å². The normalized spacial score (nSPS) is 27.9. The third-order valence-electron chi connectivity index (χ3n) is 2.34. The lowest BCUT2D eigenvalue weighted by atomic mass is 9.97. The number of hydrogen-bond acceptors (Lipinski definition) is 4. The topological polar surface area (TPSA) is 36.9 Å². The smallest absolute Gasteiger partial charge is 0.106 e. The minimum atomic E-state index is -0.201. The van der Waals surface area contributed by atoms with Gasteiger partial charge in [0.25, 0.3) is 0 Å². The molecule has 0 amide bonds. The summed E-state index contributed by atoms with van der Waals surface area (Å²) in [7, 11) is 0. The summed E-state index contributed by atoms with van der Waals surface area (Å²) in [5, 5.41) is 4.52. The van der Waals surface area contributed by atoms with E-state index in [0.29, 0.717) is 6.61 Å². The molecule has 0 saturated carbocycles. The quantitative estimate of drug-likeness (QED) is 0.491. The molecule has 0 aliphatic carbocycles. The molecule has 1 unspecified atom stereocenters. The van der Waals surface area contributed by atoms with E-state index in [4.69, 9.17) is 9.62 Å². The molecule has 0 aromatic rings. The maximum atomic E-state index is 5.39. The zero-order chi connectivity index (χ0) is 10.3. The number of ether oxygens (including phenoxy) is 1. The minimum absolute atomic E-state index is 0.201. The second-order valence-electron chi connectivity index (χ2n) is 3.89. The van der Waals surface area contributed by atoms with Crippen LogP contribution in [0.4, 0.5) is 0 Å². The van der Waals surface area contributed by atoms with Crippen molar-refractivity contribution in [2.75, 3.05) is 19.8 Å². The molecule has 4 nitrogen and oxygen atoms in total. The van der Waals surface area contributed by atoms with E-state index < -0.39 is 0 Å². The van der Waals surface area contributed by atoms with Gasteiger partial charge in [0.05, 0.1) is 6.61 Å². The molecule has 1 heterocycles. The molecule has 14 heavy (non-hydrogen) atoms. The second kappa shape index (κ2) is 6.35. The number of hydrogen-bond donors (Lipinski definition) is 0. The average molecular weight is 204 g/mol. The van der Waals surface area contributed by atoms with E-state index >= 15 is 0 Å². The van der Waals surface area contributed by atoms with Gasteiger partial charge in [-0.15, -0.1) is 0 Å². The monoisotopic (exact) mass is 204 g/mol. The van der Waals surface area contributed by atoms with Crippen LogP contribution in [0.25, 0.3) is 0 Å². The molecule has 1 aliphatic heterocycles. The van der Waals surface area contributed by atoms with Crippen molar-refractivity contribution in [3.63, 3.8) is 0 Å². The first-order valence-electron chi connectivity index (χ1n) is 5.32. The predicted octanol–water partition coefficient (Wildman–Crippen LogP) is 2.24. The predicted molar refractivity (Wildman–Crippen MR) is 51.5 cm³/mol. The Morgan fingerprint density at radius 3 is 2.86 bits per heavy atom. The molecule has 1 rings (SSSR count). The Balaban J connectivity index is 2.03. The highest BCUT2D eigenvalue weighted by molar-refractivity contribution is 4.74. The van der Waals surface area contributed by atoms with Gasteiger partial charge in [-0.1, -0.05) is 12.0 Å². The van der Waals surface area contributed by atoms with Crippen molar-refractivity contribution >= 4 is 0 Å². The van der Waals surface area contributed by atoms with Crippen molar-refractivity contribution < 1.29 is 19.6 Å². The molecular formula is C10H20O4. The highest BCUT2D eigenvalue weighted by Gasteiger charge is 2.30. The van der Waals surface area contributed by atoms with E-state index in [1.807, 2.05) is 6.92 Å². The van der Waals surface area contributed by atoms with Gasteiger partial charge in [0, 0.05) is 19.6 Å². The van der Waals surface area contributed by atoms with E-state index in [9.17, 15) is 0 Å². The van der Waals surface area contributed by atoms with Crippen molar-refractivity contribution in [3.8, 4) is 0 Å². The first kappa shape index (κ1) is 11.9. The van der Waals surface area contributed by atoms with Gasteiger partial charge in [-0.05, 0) is 26.2 Å². The lowest BCUT2D eigenvalue weighted by Gasteiger charge is -2.30. The summed E-state index contributed by atoms with van der Waals surface area (Å²) >= 11 is 0. The zero-order valence-electron chi connectivity index (χ0n) is 9.08. The van der Waals surface area contributed by atoms with Crippen LogP contribution in [0.1, 0.15) is 39.5 Å². The average Bonchev–Trinajstić information content (AvgIpc) is 2.18. The summed E-state index contributed by atoms with van der Waals surface area (Å²) in [6, 6.07) is 0. The maximum Gasteiger partial charge on any atom is 0.106 e. The minimum Gasteiger partial charge on any atom is -0.381 e. The molecule has 84 valence electrons. The van der Waals surface area contributed by atoms with Gasteiger partial charge in [-0.3, -0.25) is 0 Å². The van der Waals surface area contributed by atoms with Crippen LogP contribution < -0.4 is 0 Å². The fourth-order valence-corrected chi connectivity index (χ4v) is 1.40. The van der Waals surface area contributed by atoms with Crippen LogP contribution in [0.5, 0.6) is 0 Å². The molecule has 0 aromatic carbocycles. The summed E-state index contributed by atoms with van der Waals surface area (Å²) in [6.45, 7) is 6.39. The Bertz CT molecular complexity index is 143. The van der Waals surface area contributed by atoms with Gasteiger partial charge in [0.15, 0.2) is 0 Å². The molecule has 0 radical (unpaired) electrons. The van der Waals surface area contributed by atoms with Crippen LogP contribution in [-0.4, -0.2) is 25.4 Å². The third kappa shape index (κ3) is 4.37. The Labute approximate surface area is 85.3 Å². The van der Waals surface area contributed by atoms with Crippen molar-refractivity contribution in [2.24, 2.45) is 0 Å². The van der Waals surface area contributed by atoms with E-state index in [2.05, 4.69) is 16.8 Å². The lowest BCUT2D eigenvalue weighted by molar-refractivity contribution is -0.567. The van der Waals surface area contributed by atoms with Crippen LogP contribution in [0.15, 0.2) is 0 Å². The highest BCUT2D eigenvalue weighted by Crippen LogP contribution is 2.25. The second-order valence-corrected chi connectivity index (χ2v) is 3.89. The van der Waals surface area contributed by atoms with Crippen molar-refractivity contribution in [3.05, 3.63) is 0 Å². The first-order valence-corrected chi connectivity index (χ1v) is 5.32. The van der Waals surface area contributed by atoms with Crippen molar-refractivity contribution in [2.45, 2.75) is 45.1 Å². The van der Waals surface area contributed by atoms with Crippen LogP contribution in [0.2, 0.25) is 0 Å². The van der Waals surface area contributed by atoms with Gasteiger partial charge in [-0.25, -0.2) is 4.89 Å². The SMILES string of the molecule is CCCOCCCC1(C)CCOOO1. The molecule has 1 saturated heterocycles. The Morgan fingerprint density at radius 1 is 1.36 bits per heavy atom. The molecule has 4 heteroatoms. The van der Waals surface area contributed by atoms with Crippen molar-refractivity contribution in [1.29, 1.82) is 0 Å². The van der Waals surface area contributed by atoms with E-state index in [0.717, 1.165) is 38.9 Å². The molecule has 0 aromatic heterocycles. The van der Waals surface area contributed by atoms with E-state index in [1.165, 1.54) is 0 Å². The Hall–Kier alpha value is -0.160. The standard InChI is InChI=1S/C10H20O4/c1-3-7-11-8-4-5-10(2)6-9-12-14-13-10/h3-9H2,1-2H3. The fraction of sp³-hybridized carbons (Fsp3) is 1.00. The summed E-state index contributed by atoms with van der Waals surface area (Å²) in [5.41, 5.74) is -0.201. The van der Waals surface area contributed by atoms with Gasteiger partial charge < -0.3 is 4.74 Å². The van der Waals surface area contributed by atoms with Gasteiger partial charge in [0.2, 0.25) is 0 Å². The summed E-state index contributed by atoms with van der Waals surface area (Å²) in [6.07, 6.45) is 3.89. The molecule has 0 bridgehead atoms. The number of rotatable bonds is 6. The van der Waals surface area contributed by atoms with Crippen LogP contribution in [0, 0.1) is 0 Å². The van der Waals surface area contributed by atoms with E-state index in [-0.39, 0.29) is 5.60 Å². The third-order valence-corrected chi connectivity index (χ3v) is 2.34. The Kier molecular flexibility index (Phi) is 5.40. The largest absolute Gasteiger partial charge is 0.381 e. The van der Waals surface area contributed by atoms with Crippen LogP contribution in [0.3, 0.4) is 0 Å². The molecule has 0 spiro atoms. The molecule has 1 aliphatic rings. The Morgan fingerprint density at radius 2 is 2.21 bits per heavy atom. The molecule has 1 atom stereocenters. The van der Waals surface area contributed by atoms with Gasteiger partial charge in [0.1, 0.15) is 5.60 Å². The summed E-state index contributed by atoms with van der Waals surface area (Å²) in [4.78, 5) is 9.75. The maximum absolute atomic E-state index is 5.39. The highest BCUT2D eigenvalue weighted by atomic mass is 17.5. The van der Waals surface area contributed by atoms with Gasteiger partial charge >= 0.3 is 0 Å². The molecular weight excluding hydrogens is 184 g/mol. The lowest BCUT2D eigenvalue weighted by Crippen LogP contribution is -2.35. The summed E-state index contributed by atoms with van der Waals surface area (Å²) < 4.78 is 5.39. The molecule has 0 N–H and O–H groups in total. The van der Waals surface area contributed by atoms with Crippen LogP contribution in [-0.2, 0) is 19.6 Å².